The maximum Gasteiger partial charge on any atom is 0.0847 e. The SMILES string of the molecule is Cc1ccsc1CN1CC[C@@]2(C[C@H](OCC3CCOCC3)CO2)C1. The van der Waals surface area contributed by atoms with Crippen molar-refractivity contribution in [2.45, 2.75) is 50.9 Å². The first kappa shape index (κ1) is 17.0. The highest BCUT2D eigenvalue weighted by atomic mass is 32.1. The summed E-state index contributed by atoms with van der Waals surface area (Å²) in [6, 6.07) is 2.22. The second kappa shape index (κ2) is 7.42. The molecule has 5 heteroatoms. The van der Waals surface area contributed by atoms with Gasteiger partial charge in [-0.2, -0.15) is 0 Å². The molecule has 3 aliphatic rings. The third-order valence-corrected chi connectivity index (χ3v) is 6.82. The van der Waals surface area contributed by atoms with Crippen molar-refractivity contribution in [3.63, 3.8) is 0 Å². The molecule has 4 nitrogen and oxygen atoms in total. The second-order valence-corrected chi connectivity index (χ2v) is 8.70. The lowest BCUT2D eigenvalue weighted by molar-refractivity contribution is -0.0188. The Balaban J connectivity index is 1.24. The smallest absolute Gasteiger partial charge is 0.0847 e. The third-order valence-electron chi connectivity index (χ3n) is 5.81. The Kier molecular flexibility index (Phi) is 5.25. The quantitative estimate of drug-likeness (QED) is 0.815. The molecule has 4 heterocycles. The van der Waals surface area contributed by atoms with E-state index in [-0.39, 0.29) is 11.7 Å². The van der Waals surface area contributed by atoms with Gasteiger partial charge in [-0.1, -0.05) is 0 Å². The van der Waals surface area contributed by atoms with Gasteiger partial charge in [0.15, 0.2) is 0 Å². The predicted octanol–water partition coefficient (Wildman–Crippen LogP) is 3.23. The minimum absolute atomic E-state index is 0.0471. The van der Waals surface area contributed by atoms with Crippen molar-refractivity contribution in [1.82, 2.24) is 4.90 Å². The molecule has 0 unspecified atom stereocenters. The molecule has 134 valence electrons. The molecule has 1 spiro atoms. The highest BCUT2D eigenvalue weighted by Crippen LogP contribution is 2.37. The van der Waals surface area contributed by atoms with Gasteiger partial charge >= 0.3 is 0 Å². The van der Waals surface area contributed by atoms with E-state index >= 15 is 0 Å². The van der Waals surface area contributed by atoms with Crippen LogP contribution in [0.15, 0.2) is 11.4 Å². The maximum atomic E-state index is 6.25. The monoisotopic (exact) mass is 351 g/mol. The Hall–Kier alpha value is -0.460. The summed E-state index contributed by atoms with van der Waals surface area (Å²) in [7, 11) is 0. The van der Waals surface area contributed by atoms with Gasteiger partial charge in [-0.3, -0.25) is 4.90 Å². The fourth-order valence-electron chi connectivity index (χ4n) is 4.21. The summed E-state index contributed by atoms with van der Waals surface area (Å²) in [4.78, 5) is 4.05. The molecule has 0 radical (unpaired) electrons. The molecule has 3 aliphatic heterocycles. The number of aryl methyl sites for hydroxylation is 1. The largest absolute Gasteiger partial charge is 0.381 e. The van der Waals surface area contributed by atoms with E-state index in [1.165, 1.54) is 10.4 Å². The van der Waals surface area contributed by atoms with E-state index in [0.29, 0.717) is 5.92 Å². The van der Waals surface area contributed by atoms with E-state index < -0.39 is 0 Å². The van der Waals surface area contributed by atoms with Crippen LogP contribution < -0.4 is 0 Å². The number of hydrogen-bond donors (Lipinski definition) is 0. The van der Waals surface area contributed by atoms with Gasteiger partial charge in [0.2, 0.25) is 0 Å². The first-order valence-corrected chi connectivity index (χ1v) is 10.2. The molecule has 0 bridgehead atoms. The van der Waals surface area contributed by atoms with E-state index in [1.807, 2.05) is 11.3 Å². The average molecular weight is 352 g/mol. The van der Waals surface area contributed by atoms with Crippen molar-refractivity contribution in [1.29, 1.82) is 0 Å². The zero-order valence-electron chi connectivity index (χ0n) is 14.7. The Labute approximate surface area is 149 Å². The van der Waals surface area contributed by atoms with Crippen LogP contribution in [0.2, 0.25) is 0 Å². The number of rotatable bonds is 5. The lowest BCUT2D eigenvalue weighted by Gasteiger charge is -2.24. The Morgan fingerprint density at radius 2 is 2.25 bits per heavy atom. The van der Waals surface area contributed by atoms with Gasteiger partial charge in [-0.25, -0.2) is 0 Å². The minimum Gasteiger partial charge on any atom is -0.381 e. The van der Waals surface area contributed by atoms with Crippen molar-refractivity contribution in [2.75, 3.05) is 39.5 Å². The summed E-state index contributed by atoms with van der Waals surface area (Å²) in [6.07, 6.45) is 4.79. The van der Waals surface area contributed by atoms with Crippen molar-refractivity contribution >= 4 is 11.3 Å². The Morgan fingerprint density at radius 3 is 3.04 bits per heavy atom. The molecule has 0 aliphatic carbocycles. The second-order valence-electron chi connectivity index (χ2n) is 7.70. The van der Waals surface area contributed by atoms with Gasteiger partial charge in [0.05, 0.1) is 24.9 Å². The molecule has 24 heavy (non-hydrogen) atoms. The van der Waals surface area contributed by atoms with E-state index in [0.717, 1.165) is 71.7 Å². The standard InChI is InChI=1S/C19H29NO3S/c1-15-4-9-24-18(15)11-20-6-5-19(14-20)10-17(13-23-19)22-12-16-2-7-21-8-3-16/h4,9,16-17H,2-3,5-8,10-14H2,1H3/t17-,19+/m0/s1. The highest BCUT2D eigenvalue weighted by Gasteiger charge is 2.46. The van der Waals surface area contributed by atoms with Crippen LogP contribution in [0, 0.1) is 12.8 Å². The number of likely N-dealkylation sites (tertiary alicyclic amines) is 1. The summed E-state index contributed by atoms with van der Waals surface area (Å²) >= 11 is 1.87. The van der Waals surface area contributed by atoms with Gasteiger partial charge in [0.25, 0.3) is 0 Å². The van der Waals surface area contributed by atoms with Gasteiger partial charge in [-0.05, 0) is 49.1 Å². The topological polar surface area (TPSA) is 30.9 Å². The van der Waals surface area contributed by atoms with Crippen LogP contribution in [0.4, 0.5) is 0 Å². The van der Waals surface area contributed by atoms with Crippen LogP contribution in [0.5, 0.6) is 0 Å². The van der Waals surface area contributed by atoms with Crippen LogP contribution in [0.3, 0.4) is 0 Å². The zero-order chi connectivity index (χ0) is 16.4. The molecular weight excluding hydrogens is 322 g/mol. The number of thiophene rings is 1. The molecule has 0 amide bonds. The van der Waals surface area contributed by atoms with Crippen molar-refractivity contribution in [3.05, 3.63) is 21.9 Å². The molecule has 0 aromatic carbocycles. The number of hydrogen-bond acceptors (Lipinski definition) is 5. The van der Waals surface area contributed by atoms with Crippen LogP contribution in [-0.4, -0.2) is 56.1 Å². The third kappa shape index (κ3) is 3.86. The molecule has 3 fully saturated rings. The summed E-state index contributed by atoms with van der Waals surface area (Å²) < 4.78 is 17.9. The van der Waals surface area contributed by atoms with Crippen molar-refractivity contribution in [3.8, 4) is 0 Å². The highest BCUT2D eigenvalue weighted by molar-refractivity contribution is 7.10. The predicted molar refractivity (Wildman–Crippen MR) is 95.5 cm³/mol. The molecule has 2 atom stereocenters. The number of ether oxygens (including phenoxy) is 3. The van der Waals surface area contributed by atoms with Gasteiger partial charge in [0, 0.05) is 44.1 Å². The van der Waals surface area contributed by atoms with Crippen LogP contribution in [0.1, 0.15) is 36.1 Å². The summed E-state index contributed by atoms with van der Waals surface area (Å²) in [5.74, 6) is 0.678. The fraction of sp³-hybridized carbons (Fsp3) is 0.789. The molecular formula is C19H29NO3S. The molecule has 3 saturated heterocycles. The summed E-state index contributed by atoms with van der Waals surface area (Å²) in [5, 5.41) is 2.20. The normalized spacial score (nSPS) is 32.1. The Bertz CT molecular complexity index is 542. The molecule has 0 saturated carbocycles. The van der Waals surface area contributed by atoms with E-state index in [9.17, 15) is 0 Å². The van der Waals surface area contributed by atoms with E-state index in [1.54, 1.807) is 0 Å². The molecule has 1 aromatic heterocycles. The lowest BCUT2D eigenvalue weighted by atomic mass is 9.98. The summed E-state index contributed by atoms with van der Waals surface area (Å²) in [5.41, 5.74) is 1.47. The first-order valence-electron chi connectivity index (χ1n) is 9.31. The van der Waals surface area contributed by atoms with Crippen molar-refractivity contribution in [2.24, 2.45) is 5.92 Å². The maximum absolute atomic E-state index is 6.25. The Morgan fingerprint density at radius 1 is 1.38 bits per heavy atom. The fourth-order valence-corrected chi connectivity index (χ4v) is 5.16. The zero-order valence-corrected chi connectivity index (χ0v) is 15.5. The number of nitrogens with zero attached hydrogens (tertiary/aromatic N) is 1. The van der Waals surface area contributed by atoms with Crippen LogP contribution >= 0.6 is 11.3 Å². The van der Waals surface area contributed by atoms with Gasteiger partial charge in [-0.15, -0.1) is 11.3 Å². The molecule has 0 N–H and O–H groups in total. The van der Waals surface area contributed by atoms with Crippen molar-refractivity contribution < 1.29 is 14.2 Å². The van der Waals surface area contributed by atoms with Crippen LogP contribution in [-0.2, 0) is 20.8 Å². The minimum atomic E-state index is 0.0471. The van der Waals surface area contributed by atoms with Gasteiger partial charge in [0.1, 0.15) is 0 Å². The van der Waals surface area contributed by atoms with E-state index in [2.05, 4.69) is 23.3 Å². The van der Waals surface area contributed by atoms with Gasteiger partial charge < -0.3 is 14.2 Å². The first-order chi connectivity index (χ1) is 11.7. The summed E-state index contributed by atoms with van der Waals surface area (Å²) in [6.45, 7) is 8.94. The molecule has 4 rings (SSSR count). The lowest BCUT2D eigenvalue weighted by Crippen LogP contribution is -2.33. The van der Waals surface area contributed by atoms with Crippen LogP contribution in [0.25, 0.3) is 0 Å². The average Bonchev–Trinajstić information content (AvgIpc) is 3.30. The molecule has 1 aromatic rings. The van der Waals surface area contributed by atoms with E-state index in [4.69, 9.17) is 14.2 Å².